The number of carbonyl (C=O) groups excluding carboxylic acids is 1. The van der Waals surface area contributed by atoms with Crippen molar-refractivity contribution in [3.05, 3.63) is 65.7 Å². The Hall–Kier alpha value is -2.24. The number of halogens is 1. The van der Waals surface area contributed by atoms with E-state index in [0.717, 1.165) is 5.56 Å². The molecule has 0 saturated carbocycles. The molecule has 0 aromatic heterocycles. The van der Waals surface area contributed by atoms with Crippen LogP contribution in [0.1, 0.15) is 28.9 Å². The van der Waals surface area contributed by atoms with E-state index < -0.39 is 6.10 Å². The quantitative estimate of drug-likeness (QED) is 0.621. The molecule has 2 rings (SSSR count). The van der Waals surface area contributed by atoms with Gasteiger partial charge in [0.25, 0.3) is 0 Å². The highest BCUT2D eigenvalue weighted by molar-refractivity contribution is 6.30. The fourth-order valence-corrected chi connectivity index (χ4v) is 1.88. The van der Waals surface area contributed by atoms with Crippen molar-refractivity contribution in [3.8, 4) is 17.0 Å². The minimum atomic E-state index is -0.462. The predicted octanol–water partition coefficient (Wildman–Crippen LogP) is 4.21. The zero-order valence-electron chi connectivity index (χ0n) is 11.0. The third-order valence-corrected chi connectivity index (χ3v) is 2.89. The van der Waals surface area contributed by atoms with Gasteiger partial charge in [-0.25, -0.2) is 0 Å². The first-order chi connectivity index (χ1) is 9.70. The number of ketones is 1. The summed E-state index contributed by atoms with van der Waals surface area (Å²) < 4.78 is 5.82. The van der Waals surface area contributed by atoms with Crippen LogP contribution in [-0.4, -0.2) is 5.78 Å². The Balaban J connectivity index is 2.26. The van der Waals surface area contributed by atoms with Gasteiger partial charge in [0.05, 0.1) is 0 Å². The highest BCUT2D eigenvalue weighted by Crippen LogP contribution is 2.22. The summed E-state index contributed by atoms with van der Waals surface area (Å²) in [6, 6.07) is 16.6. The molecule has 1 atom stereocenters. The number of benzene rings is 2. The lowest BCUT2D eigenvalue weighted by molar-refractivity contribution is 0.101. The van der Waals surface area contributed by atoms with Crippen LogP contribution in [0.2, 0.25) is 0 Å². The van der Waals surface area contributed by atoms with E-state index in [1.165, 1.54) is 6.92 Å². The minimum absolute atomic E-state index is 0.00450. The van der Waals surface area contributed by atoms with Crippen molar-refractivity contribution < 1.29 is 9.53 Å². The molecule has 2 nitrogen and oxygen atoms in total. The van der Waals surface area contributed by atoms with E-state index in [9.17, 15) is 4.79 Å². The molecule has 0 unspecified atom stereocenters. The smallest absolute Gasteiger partial charge is 0.185 e. The summed E-state index contributed by atoms with van der Waals surface area (Å²) in [5.41, 5.74) is 1.52. The zero-order chi connectivity index (χ0) is 14.4. The summed E-state index contributed by atoms with van der Waals surface area (Å²) in [5, 5.41) is 2.35. The molecular formula is C17H13ClO2. The Bertz CT molecular complexity index is 653. The van der Waals surface area contributed by atoms with Gasteiger partial charge in [0, 0.05) is 16.5 Å². The summed E-state index contributed by atoms with van der Waals surface area (Å²) in [4.78, 5) is 11.4. The third-order valence-electron chi connectivity index (χ3n) is 2.78. The van der Waals surface area contributed by atoms with E-state index in [-0.39, 0.29) is 5.78 Å². The van der Waals surface area contributed by atoms with Crippen LogP contribution >= 0.6 is 11.6 Å². The van der Waals surface area contributed by atoms with Gasteiger partial charge in [-0.1, -0.05) is 42.5 Å². The molecule has 0 saturated heterocycles. The van der Waals surface area contributed by atoms with Gasteiger partial charge in [-0.15, -0.1) is 0 Å². The molecule has 20 heavy (non-hydrogen) atoms. The van der Waals surface area contributed by atoms with Gasteiger partial charge in [0.1, 0.15) is 5.75 Å². The van der Waals surface area contributed by atoms with Crippen LogP contribution in [0, 0.1) is 11.3 Å². The van der Waals surface area contributed by atoms with Gasteiger partial charge < -0.3 is 4.74 Å². The number of carbonyl (C=O) groups is 1. The first-order valence-corrected chi connectivity index (χ1v) is 6.52. The van der Waals surface area contributed by atoms with Crippen molar-refractivity contribution in [2.24, 2.45) is 0 Å². The summed E-state index contributed by atoms with van der Waals surface area (Å²) in [6.07, 6.45) is -0.462. The molecule has 2 aromatic carbocycles. The van der Waals surface area contributed by atoms with Crippen molar-refractivity contribution in [2.75, 3.05) is 0 Å². The van der Waals surface area contributed by atoms with Crippen molar-refractivity contribution in [3.63, 3.8) is 0 Å². The Labute approximate surface area is 123 Å². The molecular weight excluding hydrogens is 272 g/mol. The maximum atomic E-state index is 11.4. The fraction of sp³-hybridized carbons (Fsp3) is 0.118. The summed E-state index contributed by atoms with van der Waals surface area (Å²) in [7, 11) is 0. The van der Waals surface area contributed by atoms with Crippen molar-refractivity contribution in [2.45, 2.75) is 13.0 Å². The van der Waals surface area contributed by atoms with E-state index >= 15 is 0 Å². The second-order valence-electron chi connectivity index (χ2n) is 4.23. The third kappa shape index (κ3) is 3.63. The predicted molar refractivity (Wildman–Crippen MR) is 79.9 cm³/mol. The van der Waals surface area contributed by atoms with Gasteiger partial charge in [-0.05, 0) is 36.6 Å². The van der Waals surface area contributed by atoms with E-state index in [4.69, 9.17) is 16.3 Å². The van der Waals surface area contributed by atoms with Crippen LogP contribution in [0.5, 0.6) is 5.75 Å². The molecule has 0 radical (unpaired) electrons. The summed E-state index contributed by atoms with van der Waals surface area (Å²) in [6.45, 7) is 1.52. The highest BCUT2D eigenvalue weighted by Gasteiger charge is 2.11. The standard InChI is InChI=1S/C17H13ClO2/c1-13(19)15-8-5-9-16(12-15)20-17(10-11-18)14-6-3-2-4-7-14/h2-9,12,17H,1H3/t17-/m1/s1. The lowest BCUT2D eigenvalue weighted by Gasteiger charge is -2.14. The van der Waals surface area contributed by atoms with Gasteiger partial charge in [-0.2, -0.15) is 0 Å². The lowest BCUT2D eigenvalue weighted by atomic mass is 10.1. The molecule has 2 aromatic rings. The molecule has 0 spiro atoms. The Morgan fingerprint density at radius 2 is 1.90 bits per heavy atom. The van der Waals surface area contributed by atoms with E-state index in [1.807, 2.05) is 30.3 Å². The Morgan fingerprint density at radius 3 is 2.55 bits per heavy atom. The molecule has 0 heterocycles. The molecule has 0 aliphatic heterocycles. The normalized spacial score (nSPS) is 11.1. The van der Waals surface area contributed by atoms with Gasteiger partial charge in [-0.3, -0.25) is 4.79 Å². The maximum Gasteiger partial charge on any atom is 0.185 e. The van der Waals surface area contributed by atoms with Crippen LogP contribution in [0.3, 0.4) is 0 Å². The minimum Gasteiger partial charge on any atom is -0.473 e. The van der Waals surface area contributed by atoms with E-state index in [0.29, 0.717) is 11.3 Å². The van der Waals surface area contributed by atoms with Crippen LogP contribution in [0.4, 0.5) is 0 Å². The van der Waals surface area contributed by atoms with Crippen LogP contribution < -0.4 is 4.74 Å². The lowest BCUT2D eigenvalue weighted by Crippen LogP contribution is -2.05. The molecule has 0 aliphatic carbocycles. The average molecular weight is 285 g/mol. The topological polar surface area (TPSA) is 26.3 Å². The average Bonchev–Trinajstić information content (AvgIpc) is 2.48. The number of ether oxygens (including phenoxy) is 1. The van der Waals surface area contributed by atoms with Crippen molar-refractivity contribution in [1.82, 2.24) is 0 Å². The summed E-state index contributed by atoms with van der Waals surface area (Å²) >= 11 is 5.50. The largest absolute Gasteiger partial charge is 0.473 e. The SMILES string of the molecule is CC(=O)c1cccc(O[C@H](C#CCl)c2ccccc2)c1. The monoisotopic (exact) mass is 284 g/mol. The van der Waals surface area contributed by atoms with Gasteiger partial charge in [0.2, 0.25) is 0 Å². The maximum absolute atomic E-state index is 11.4. The second kappa shape index (κ2) is 6.79. The van der Waals surface area contributed by atoms with E-state index in [1.54, 1.807) is 24.3 Å². The van der Waals surface area contributed by atoms with Crippen LogP contribution in [0.25, 0.3) is 0 Å². The molecule has 100 valence electrons. The molecule has 0 aliphatic rings. The molecule has 0 amide bonds. The first kappa shape index (κ1) is 14.2. The first-order valence-electron chi connectivity index (χ1n) is 6.14. The molecule has 0 N–H and O–H groups in total. The molecule has 3 heteroatoms. The summed E-state index contributed by atoms with van der Waals surface area (Å²) in [5.74, 6) is 3.39. The molecule has 0 fully saturated rings. The molecule has 0 bridgehead atoms. The fourth-order valence-electron chi connectivity index (χ4n) is 1.78. The number of rotatable bonds is 4. The number of hydrogen-bond donors (Lipinski definition) is 0. The number of Topliss-reactive ketones (excluding diaryl/α,β-unsaturated/α-hetero) is 1. The van der Waals surface area contributed by atoms with Crippen LogP contribution in [0.15, 0.2) is 54.6 Å². The Morgan fingerprint density at radius 1 is 1.15 bits per heavy atom. The van der Waals surface area contributed by atoms with E-state index in [2.05, 4.69) is 11.3 Å². The van der Waals surface area contributed by atoms with Gasteiger partial charge in [0.15, 0.2) is 11.9 Å². The zero-order valence-corrected chi connectivity index (χ0v) is 11.7. The highest BCUT2D eigenvalue weighted by atomic mass is 35.5. The Kier molecular flexibility index (Phi) is 4.81. The van der Waals surface area contributed by atoms with Crippen molar-refractivity contribution in [1.29, 1.82) is 0 Å². The number of hydrogen-bond acceptors (Lipinski definition) is 2. The van der Waals surface area contributed by atoms with Crippen LogP contribution in [-0.2, 0) is 0 Å². The van der Waals surface area contributed by atoms with Crippen molar-refractivity contribution >= 4 is 17.4 Å². The second-order valence-corrected chi connectivity index (χ2v) is 4.42. The van der Waals surface area contributed by atoms with Gasteiger partial charge >= 0.3 is 0 Å².